The van der Waals surface area contributed by atoms with E-state index in [2.05, 4.69) is 4.72 Å². The van der Waals surface area contributed by atoms with Crippen molar-refractivity contribution in [2.24, 2.45) is 11.7 Å². The molecule has 146 valence electrons. The van der Waals surface area contributed by atoms with E-state index in [-0.39, 0.29) is 16.7 Å². The third-order valence-corrected chi connectivity index (χ3v) is 6.40. The number of hydrogen-bond acceptors (Lipinski definition) is 4. The van der Waals surface area contributed by atoms with Gasteiger partial charge in [0.15, 0.2) is 0 Å². The van der Waals surface area contributed by atoms with Crippen molar-refractivity contribution in [1.82, 2.24) is 9.62 Å². The molecule has 1 aliphatic heterocycles. The smallest absolute Gasteiger partial charge is 0.242 e. The molecule has 26 heavy (non-hydrogen) atoms. The average Bonchev–Trinajstić information content (AvgIpc) is 2.60. The van der Waals surface area contributed by atoms with Gasteiger partial charge in [-0.15, -0.1) is 0 Å². The van der Waals surface area contributed by atoms with Gasteiger partial charge in [-0.3, -0.25) is 4.79 Å². The van der Waals surface area contributed by atoms with E-state index >= 15 is 0 Å². The number of likely N-dealkylation sites (tertiary alicyclic amines) is 1. The molecule has 0 spiro atoms. The lowest BCUT2D eigenvalue weighted by Crippen LogP contribution is -2.56. The van der Waals surface area contributed by atoms with Gasteiger partial charge in [0.2, 0.25) is 15.9 Å². The molecular formula is C19H31N3O3S. The van der Waals surface area contributed by atoms with Crippen molar-refractivity contribution in [3.63, 3.8) is 0 Å². The van der Waals surface area contributed by atoms with Gasteiger partial charge in [0, 0.05) is 19.6 Å². The van der Waals surface area contributed by atoms with Crippen LogP contribution in [0.25, 0.3) is 0 Å². The average molecular weight is 382 g/mol. The summed E-state index contributed by atoms with van der Waals surface area (Å²) < 4.78 is 27.6. The monoisotopic (exact) mass is 381 g/mol. The van der Waals surface area contributed by atoms with Crippen LogP contribution in [-0.4, -0.2) is 44.4 Å². The second-order valence-electron chi connectivity index (χ2n) is 7.59. The Morgan fingerprint density at radius 3 is 2.62 bits per heavy atom. The minimum atomic E-state index is -3.53. The highest BCUT2D eigenvalue weighted by atomic mass is 32.2. The topological polar surface area (TPSA) is 92.5 Å². The number of amides is 1. The minimum Gasteiger partial charge on any atom is -0.341 e. The van der Waals surface area contributed by atoms with Gasteiger partial charge in [-0.05, 0) is 51.2 Å². The predicted molar refractivity (Wildman–Crippen MR) is 103 cm³/mol. The summed E-state index contributed by atoms with van der Waals surface area (Å²) in [5.74, 6) is 0.0655. The van der Waals surface area contributed by atoms with Gasteiger partial charge in [0.25, 0.3) is 0 Å². The standard InChI is InChI=1S/C19H31N3O3S/c1-4-11-19(3,20)18(23)22-12-5-6-16(14-22)13-21-26(24,25)17-9-7-15(2)8-10-17/h7-10,16,21H,4-6,11-14,20H2,1-3H3. The number of sulfonamides is 1. The number of nitrogens with one attached hydrogen (secondary N) is 1. The molecule has 0 saturated carbocycles. The van der Waals surface area contributed by atoms with E-state index in [4.69, 9.17) is 5.73 Å². The minimum absolute atomic E-state index is 0.0366. The molecule has 6 nitrogen and oxygen atoms in total. The van der Waals surface area contributed by atoms with Gasteiger partial charge in [0.1, 0.15) is 0 Å². The van der Waals surface area contributed by atoms with Crippen LogP contribution in [0.2, 0.25) is 0 Å². The van der Waals surface area contributed by atoms with Gasteiger partial charge in [0.05, 0.1) is 10.4 Å². The maximum Gasteiger partial charge on any atom is 0.242 e. The Labute approximate surface area is 157 Å². The number of nitrogens with two attached hydrogens (primary N) is 1. The molecule has 1 amide bonds. The van der Waals surface area contributed by atoms with Gasteiger partial charge in [-0.2, -0.15) is 0 Å². The SMILES string of the molecule is CCCC(C)(N)C(=O)N1CCCC(CNS(=O)(=O)c2ccc(C)cc2)C1. The third kappa shape index (κ3) is 5.28. The third-order valence-electron chi connectivity index (χ3n) is 4.96. The Balaban J connectivity index is 1.96. The molecule has 7 heteroatoms. The van der Waals surface area contributed by atoms with Crippen LogP contribution in [0.1, 0.15) is 45.1 Å². The maximum absolute atomic E-state index is 12.7. The molecule has 1 saturated heterocycles. The van der Waals surface area contributed by atoms with Crippen molar-refractivity contribution < 1.29 is 13.2 Å². The number of carbonyl (C=O) groups is 1. The van der Waals surface area contributed by atoms with Crippen LogP contribution >= 0.6 is 0 Å². The highest BCUT2D eigenvalue weighted by Gasteiger charge is 2.34. The molecule has 0 radical (unpaired) electrons. The van der Waals surface area contributed by atoms with Crippen molar-refractivity contribution in [3.05, 3.63) is 29.8 Å². The van der Waals surface area contributed by atoms with Crippen LogP contribution in [0.15, 0.2) is 29.2 Å². The normalized spacial score (nSPS) is 20.6. The summed E-state index contributed by atoms with van der Waals surface area (Å²) in [6.45, 7) is 7.28. The van der Waals surface area contributed by atoms with Crippen LogP contribution in [0, 0.1) is 12.8 Å². The van der Waals surface area contributed by atoms with Crippen LogP contribution in [-0.2, 0) is 14.8 Å². The Bertz CT molecular complexity index is 714. The van der Waals surface area contributed by atoms with Crippen molar-refractivity contribution in [1.29, 1.82) is 0 Å². The molecule has 0 aromatic heterocycles. The van der Waals surface area contributed by atoms with Crippen LogP contribution in [0.4, 0.5) is 0 Å². The Hall–Kier alpha value is -1.44. The first-order valence-corrected chi connectivity index (χ1v) is 10.8. The quantitative estimate of drug-likeness (QED) is 0.756. The number of piperidine rings is 1. The van der Waals surface area contributed by atoms with Crippen LogP contribution in [0.5, 0.6) is 0 Å². The maximum atomic E-state index is 12.7. The molecule has 2 atom stereocenters. The predicted octanol–water partition coefficient (Wildman–Crippen LogP) is 2.03. The largest absolute Gasteiger partial charge is 0.341 e. The van der Waals surface area contributed by atoms with E-state index in [1.54, 1.807) is 36.1 Å². The van der Waals surface area contributed by atoms with Crippen LogP contribution in [0.3, 0.4) is 0 Å². The fraction of sp³-hybridized carbons (Fsp3) is 0.632. The molecule has 1 aliphatic rings. The van der Waals surface area contributed by atoms with Gasteiger partial charge in [-0.1, -0.05) is 31.0 Å². The second kappa shape index (κ2) is 8.50. The molecule has 1 fully saturated rings. The summed E-state index contributed by atoms with van der Waals surface area (Å²) in [6.07, 6.45) is 3.26. The molecular weight excluding hydrogens is 350 g/mol. The van der Waals surface area contributed by atoms with Crippen LogP contribution < -0.4 is 10.5 Å². The lowest BCUT2D eigenvalue weighted by molar-refractivity contribution is -0.138. The summed E-state index contributed by atoms with van der Waals surface area (Å²) in [5.41, 5.74) is 6.34. The van der Waals surface area contributed by atoms with E-state index in [9.17, 15) is 13.2 Å². The number of nitrogens with zero attached hydrogens (tertiary/aromatic N) is 1. The van der Waals surface area contributed by atoms with Gasteiger partial charge < -0.3 is 10.6 Å². The molecule has 1 aromatic carbocycles. The molecule has 0 aliphatic carbocycles. The molecule has 1 aromatic rings. The first-order chi connectivity index (χ1) is 12.2. The van der Waals surface area contributed by atoms with Crippen molar-refractivity contribution in [2.75, 3.05) is 19.6 Å². The fourth-order valence-electron chi connectivity index (χ4n) is 3.43. The highest BCUT2D eigenvalue weighted by Crippen LogP contribution is 2.21. The summed E-state index contributed by atoms with van der Waals surface area (Å²) in [7, 11) is -3.53. The van der Waals surface area contributed by atoms with Crippen molar-refractivity contribution >= 4 is 15.9 Å². The number of benzene rings is 1. The number of rotatable bonds is 7. The lowest BCUT2D eigenvalue weighted by atomic mass is 9.92. The Morgan fingerprint density at radius 2 is 2.00 bits per heavy atom. The Kier molecular flexibility index (Phi) is 6.82. The van der Waals surface area contributed by atoms with E-state index in [1.807, 2.05) is 13.8 Å². The van der Waals surface area contributed by atoms with Gasteiger partial charge >= 0.3 is 0 Å². The molecule has 2 unspecified atom stereocenters. The summed E-state index contributed by atoms with van der Waals surface area (Å²) >= 11 is 0. The molecule has 2 rings (SSSR count). The molecule has 0 bridgehead atoms. The van der Waals surface area contributed by atoms with E-state index in [0.717, 1.165) is 24.8 Å². The summed E-state index contributed by atoms with van der Waals surface area (Å²) in [5, 5.41) is 0. The van der Waals surface area contributed by atoms with E-state index < -0.39 is 15.6 Å². The second-order valence-corrected chi connectivity index (χ2v) is 9.36. The fourth-order valence-corrected chi connectivity index (χ4v) is 4.55. The highest BCUT2D eigenvalue weighted by molar-refractivity contribution is 7.89. The zero-order valence-corrected chi connectivity index (χ0v) is 16.8. The molecule has 1 heterocycles. The summed E-state index contributed by atoms with van der Waals surface area (Å²) in [4.78, 5) is 14.7. The van der Waals surface area contributed by atoms with E-state index in [0.29, 0.717) is 26.1 Å². The van der Waals surface area contributed by atoms with E-state index in [1.165, 1.54) is 0 Å². The van der Waals surface area contributed by atoms with Gasteiger partial charge in [-0.25, -0.2) is 13.1 Å². The lowest BCUT2D eigenvalue weighted by Gasteiger charge is -2.37. The number of carbonyl (C=O) groups excluding carboxylic acids is 1. The first-order valence-electron chi connectivity index (χ1n) is 9.30. The zero-order chi connectivity index (χ0) is 19.4. The summed E-state index contributed by atoms with van der Waals surface area (Å²) in [6, 6.07) is 6.79. The Morgan fingerprint density at radius 1 is 1.35 bits per heavy atom. The first kappa shape index (κ1) is 20.9. The molecule has 3 N–H and O–H groups in total. The van der Waals surface area contributed by atoms with Crippen molar-refractivity contribution in [2.45, 2.75) is 56.9 Å². The number of hydrogen-bond donors (Lipinski definition) is 2. The zero-order valence-electron chi connectivity index (χ0n) is 16.0. The number of aryl methyl sites for hydroxylation is 1. The van der Waals surface area contributed by atoms with Crippen molar-refractivity contribution in [3.8, 4) is 0 Å².